The Bertz CT molecular complexity index is 661. The number of benzene rings is 2. The number of halogens is 1. The molecule has 0 aliphatic heterocycles. The van der Waals surface area contributed by atoms with Crippen molar-refractivity contribution >= 4 is 10.8 Å². The number of alkyl halides is 1. The molecule has 1 unspecified atom stereocenters. The molecule has 0 amide bonds. The van der Waals surface area contributed by atoms with Gasteiger partial charge in [-0.1, -0.05) is 42.5 Å². The highest BCUT2D eigenvalue weighted by atomic mass is 19.1. The molecule has 0 spiro atoms. The Balaban J connectivity index is 2.02. The number of hydrogen-bond donors (Lipinski definition) is 1. The first-order chi connectivity index (χ1) is 11.0. The Morgan fingerprint density at radius 3 is 2.43 bits per heavy atom. The van der Waals surface area contributed by atoms with Gasteiger partial charge in [0, 0.05) is 12.0 Å². The molecular weight excluding hydrogens is 289 g/mol. The van der Waals surface area contributed by atoms with Gasteiger partial charge < -0.3 is 10.0 Å². The summed E-state index contributed by atoms with van der Waals surface area (Å²) in [6, 6.07) is 14.6. The van der Waals surface area contributed by atoms with E-state index in [9.17, 15) is 5.11 Å². The lowest BCUT2D eigenvalue weighted by molar-refractivity contribution is 0.0475. The molecule has 2 nitrogen and oxygen atoms in total. The summed E-state index contributed by atoms with van der Waals surface area (Å²) in [4.78, 5) is 1.92. The second-order valence-electron chi connectivity index (χ2n) is 7.18. The van der Waals surface area contributed by atoms with Crippen LogP contribution in [0.3, 0.4) is 0 Å². The fraction of sp³-hybridized carbons (Fsp3) is 0.500. The Morgan fingerprint density at radius 1 is 1.13 bits per heavy atom. The fourth-order valence-electron chi connectivity index (χ4n) is 3.89. The van der Waals surface area contributed by atoms with E-state index in [-0.39, 0.29) is 6.10 Å². The summed E-state index contributed by atoms with van der Waals surface area (Å²) in [6.45, 7) is 0.420. The van der Waals surface area contributed by atoms with Crippen LogP contribution in [-0.4, -0.2) is 42.9 Å². The maximum absolute atomic E-state index is 15.3. The molecule has 3 heteroatoms. The normalized spacial score (nSPS) is 26.6. The highest BCUT2D eigenvalue weighted by molar-refractivity contribution is 5.83. The highest BCUT2D eigenvalue weighted by Crippen LogP contribution is 2.44. The number of aliphatic hydroxyl groups is 1. The van der Waals surface area contributed by atoms with Crippen molar-refractivity contribution < 1.29 is 9.50 Å². The third-order valence-electron chi connectivity index (χ3n) is 5.30. The van der Waals surface area contributed by atoms with Crippen LogP contribution < -0.4 is 0 Å². The van der Waals surface area contributed by atoms with Crippen LogP contribution in [0.5, 0.6) is 0 Å². The summed E-state index contributed by atoms with van der Waals surface area (Å²) in [5, 5.41) is 12.2. The molecule has 0 saturated heterocycles. The van der Waals surface area contributed by atoms with E-state index in [2.05, 4.69) is 30.3 Å². The monoisotopic (exact) mass is 315 g/mol. The van der Waals surface area contributed by atoms with Gasteiger partial charge >= 0.3 is 0 Å². The number of aliphatic hydroxyl groups excluding tert-OH is 1. The van der Waals surface area contributed by atoms with Crippen molar-refractivity contribution in [3.8, 4) is 0 Å². The molecule has 2 aromatic carbocycles. The highest BCUT2D eigenvalue weighted by Gasteiger charge is 2.43. The maximum Gasteiger partial charge on any atom is 0.122 e. The molecule has 1 fully saturated rings. The van der Waals surface area contributed by atoms with Gasteiger partial charge in [-0.3, -0.25) is 0 Å². The van der Waals surface area contributed by atoms with Gasteiger partial charge in [0.2, 0.25) is 0 Å². The predicted molar refractivity (Wildman–Crippen MR) is 93.6 cm³/mol. The summed E-state index contributed by atoms with van der Waals surface area (Å²) in [5.41, 5.74) is 0.602. The Morgan fingerprint density at radius 2 is 1.78 bits per heavy atom. The van der Waals surface area contributed by atoms with Crippen molar-refractivity contribution in [2.75, 3.05) is 20.6 Å². The third-order valence-corrected chi connectivity index (χ3v) is 5.30. The van der Waals surface area contributed by atoms with Crippen molar-refractivity contribution in [1.29, 1.82) is 0 Å². The van der Waals surface area contributed by atoms with Gasteiger partial charge in [0.1, 0.15) is 6.17 Å². The lowest BCUT2D eigenvalue weighted by atomic mass is 9.65. The summed E-state index contributed by atoms with van der Waals surface area (Å²) in [7, 11) is 3.83. The Kier molecular flexibility index (Phi) is 4.69. The number of fused-ring (bicyclic) bond motifs is 1. The minimum atomic E-state index is -0.925. The first-order valence-electron chi connectivity index (χ1n) is 8.47. The first-order valence-corrected chi connectivity index (χ1v) is 8.47. The number of rotatable bonds is 4. The summed E-state index contributed by atoms with van der Waals surface area (Å²) >= 11 is 0. The molecule has 1 saturated carbocycles. The molecule has 1 atom stereocenters. The van der Waals surface area contributed by atoms with Gasteiger partial charge in [-0.15, -0.1) is 0 Å². The molecule has 1 N–H and O–H groups in total. The summed E-state index contributed by atoms with van der Waals surface area (Å²) < 4.78 is 15.3. The largest absolute Gasteiger partial charge is 0.393 e. The lowest BCUT2D eigenvalue weighted by Crippen LogP contribution is -2.45. The average molecular weight is 315 g/mol. The van der Waals surface area contributed by atoms with Crippen LogP contribution in [0.15, 0.2) is 42.5 Å². The van der Waals surface area contributed by atoms with Crippen LogP contribution in [0.2, 0.25) is 0 Å². The Labute approximate surface area is 137 Å². The van der Waals surface area contributed by atoms with Gasteiger partial charge in [-0.25, -0.2) is 4.39 Å². The zero-order valence-electron chi connectivity index (χ0n) is 14.0. The van der Waals surface area contributed by atoms with E-state index in [1.165, 1.54) is 5.39 Å². The van der Waals surface area contributed by atoms with E-state index in [4.69, 9.17) is 0 Å². The van der Waals surface area contributed by atoms with Crippen molar-refractivity contribution in [3.63, 3.8) is 0 Å². The molecule has 0 heterocycles. The first kappa shape index (κ1) is 16.4. The van der Waals surface area contributed by atoms with Crippen molar-refractivity contribution in [1.82, 2.24) is 4.90 Å². The summed E-state index contributed by atoms with van der Waals surface area (Å²) in [6.07, 6.45) is 1.57. The average Bonchev–Trinajstić information content (AvgIpc) is 2.54. The topological polar surface area (TPSA) is 23.5 Å². The van der Waals surface area contributed by atoms with E-state index in [1.54, 1.807) is 0 Å². The van der Waals surface area contributed by atoms with Gasteiger partial charge in [0.25, 0.3) is 0 Å². The van der Waals surface area contributed by atoms with Crippen LogP contribution in [0, 0.1) is 0 Å². The second kappa shape index (κ2) is 6.58. The SMILES string of the molecule is CN(C)CC(F)C1(c2ccc3ccccc3c2)CCC(O)CC1. The van der Waals surface area contributed by atoms with Crippen LogP contribution in [0.25, 0.3) is 10.8 Å². The molecule has 3 rings (SSSR count). The number of hydrogen-bond acceptors (Lipinski definition) is 2. The molecule has 2 aromatic rings. The quantitative estimate of drug-likeness (QED) is 0.924. The number of nitrogens with zero attached hydrogens (tertiary/aromatic N) is 1. The molecule has 0 radical (unpaired) electrons. The van der Waals surface area contributed by atoms with E-state index < -0.39 is 11.6 Å². The van der Waals surface area contributed by atoms with E-state index in [1.807, 2.05) is 31.1 Å². The predicted octanol–water partition coefficient (Wildman–Crippen LogP) is 3.91. The van der Waals surface area contributed by atoms with Crippen LogP contribution in [-0.2, 0) is 5.41 Å². The van der Waals surface area contributed by atoms with Crippen LogP contribution in [0.4, 0.5) is 4.39 Å². The standard InChI is InChI=1S/C20H26FNO/c1-22(2)14-19(21)20(11-9-18(23)10-12-20)17-8-7-15-5-3-4-6-16(15)13-17/h3-8,13,18-19,23H,9-12,14H2,1-2H3. The molecule has 0 bridgehead atoms. The fourth-order valence-corrected chi connectivity index (χ4v) is 3.89. The maximum atomic E-state index is 15.3. The van der Waals surface area contributed by atoms with Crippen LogP contribution >= 0.6 is 0 Å². The lowest BCUT2D eigenvalue weighted by Gasteiger charge is -2.42. The Hall–Kier alpha value is -1.45. The summed E-state index contributed by atoms with van der Waals surface area (Å²) in [5.74, 6) is 0. The van der Waals surface area contributed by atoms with Crippen molar-refractivity contribution in [2.45, 2.75) is 43.4 Å². The van der Waals surface area contributed by atoms with Gasteiger partial charge in [-0.2, -0.15) is 0 Å². The van der Waals surface area contributed by atoms with E-state index in [0.717, 1.165) is 10.9 Å². The van der Waals surface area contributed by atoms with E-state index in [0.29, 0.717) is 32.2 Å². The molecule has 1 aliphatic rings. The molecule has 23 heavy (non-hydrogen) atoms. The van der Waals surface area contributed by atoms with E-state index >= 15 is 4.39 Å². The van der Waals surface area contributed by atoms with Gasteiger partial charge in [0.05, 0.1) is 6.10 Å². The van der Waals surface area contributed by atoms with Crippen molar-refractivity contribution in [3.05, 3.63) is 48.0 Å². The molecular formula is C20H26FNO. The van der Waals surface area contributed by atoms with Gasteiger partial charge in [0.15, 0.2) is 0 Å². The zero-order chi connectivity index (χ0) is 16.4. The molecule has 0 aromatic heterocycles. The minimum Gasteiger partial charge on any atom is -0.393 e. The second-order valence-corrected chi connectivity index (χ2v) is 7.18. The molecule has 124 valence electrons. The smallest absolute Gasteiger partial charge is 0.122 e. The molecule has 1 aliphatic carbocycles. The van der Waals surface area contributed by atoms with Crippen molar-refractivity contribution in [2.24, 2.45) is 0 Å². The zero-order valence-corrected chi connectivity index (χ0v) is 14.0. The van der Waals surface area contributed by atoms with Gasteiger partial charge in [-0.05, 0) is 56.1 Å². The minimum absolute atomic E-state index is 0.282. The van der Waals surface area contributed by atoms with Crippen LogP contribution in [0.1, 0.15) is 31.2 Å². The third kappa shape index (κ3) is 3.26.